The average molecular weight is 380 g/mol. The monoisotopic (exact) mass is 379 g/mol. The SMILES string of the molecule is COCCNC(=O)CCNS(=O)(=O)c1ccc(N)c(Br)c1. The quantitative estimate of drug-likeness (QED) is 0.448. The van der Waals surface area contributed by atoms with Gasteiger partial charge in [-0.25, -0.2) is 13.1 Å². The summed E-state index contributed by atoms with van der Waals surface area (Å²) in [6.45, 7) is 0.826. The van der Waals surface area contributed by atoms with E-state index >= 15 is 0 Å². The lowest BCUT2D eigenvalue weighted by Gasteiger charge is -2.08. The normalized spacial score (nSPS) is 11.3. The number of sulfonamides is 1. The second-order valence-corrected chi connectivity index (χ2v) is 6.80. The van der Waals surface area contributed by atoms with Crippen LogP contribution >= 0.6 is 15.9 Å². The van der Waals surface area contributed by atoms with Crippen molar-refractivity contribution in [1.29, 1.82) is 0 Å². The number of nitrogens with two attached hydrogens (primary N) is 1. The Labute approximate surface area is 132 Å². The molecule has 4 N–H and O–H groups in total. The Morgan fingerprint density at radius 3 is 2.71 bits per heavy atom. The van der Waals surface area contributed by atoms with Crippen LogP contribution in [0.4, 0.5) is 5.69 Å². The molecule has 0 aliphatic heterocycles. The summed E-state index contributed by atoms with van der Waals surface area (Å²) in [5.41, 5.74) is 6.05. The van der Waals surface area contributed by atoms with Crippen LogP contribution in [-0.2, 0) is 19.6 Å². The van der Waals surface area contributed by atoms with E-state index < -0.39 is 10.0 Å². The van der Waals surface area contributed by atoms with Gasteiger partial charge >= 0.3 is 0 Å². The van der Waals surface area contributed by atoms with Crippen molar-refractivity contribution in [1.82, 2.24) is 10.0 Å². The molecule has 1 aromatic carbocycles. The lowest BCUT2D eigenvalue weighted by molar-refractivity contribution is -0.121. The lowest BCUT2D eigenvalue weighted by atomic mass is 10.3. The van der Waals surface area contributed by atoms with Crippen LogP contribution in [0.1, 0.15) is 6.42 Å². The highest BCUT2D eigenvalue weighted by Crippen LogP contribution is 2.22. The lowest BCUT2D eigenvalue weighted by Crippen LogP contribution is -2.32. The molecule has 1 rings (SSSR count). The van der Waals surface area contributed by atoms with Crippen molar-refractivity contribution in [3.05, 3.63) is 22.7 Å². The van der Waals surface area contributed by atoms with Crippen LogP contribution in [-0.4, -0.2) is 41.1 Å². The van der Waals surface area contributed by atoms with Crippen LogP contribution in [0.2, 0.25) is 0 Å². The molecule has 118 valence electrons. The number of hydrogen-bond donors (Lipinski definition) is 3. The molecule has 0 aliphatic rings. The fourth-order valence-corrected chi connectivity index (χ4v) is 3.03. The van der Waals surface area contributed by atoms with Gasteiger partial charge in [0.15, 0.2) is 0 Å². The number of halogens is 1. The van der Waals surface area contributed by atoms with Crippen LogP contribution in [0, 0.1) is 0 Å². The molecule has 9 heteroatoms. The number of methoxy groups -OCH3 is 1. The Hall–Kier alpha value is -1.16. The van der Waals surface area contributed by atoms with E-state index in [1.807, 2.05) is 0 Å². The van der Waals surface area contributed by atoms with Gasteiger partial charge in [-0.05, 0) is 34.1 Å². The third-order valence-electron chi connectivity index (χ3n) is 2.55. The molecule has 0 bridgehead atoms. The van der Waals surface area contributed by atoms with Crippen LogP contribution in [0.5, 0.6) is 0 Å². The van der Waals surface area contributed by atoms with Gasteiger partial charge in [-0.15, -0.1) is 0 Å². The van der Waals surface area contributed by atoms with Crippen molar-refractivity contribution in [2.75, 3.05) is 32.5 Å². The van der Waals surface area contributed by atoms with Gasteiger partial charge in [0.2, 0.25) is 15.9 Å². The predicted octanol–water partition coefficient (Wildman–Crippen LogP) is 0.462. The Morgan fingerprint density at radius 1 is 1.38 bits per heavy atom. The number of anilines is 1. The van der Waals surface area contributed by atoms with Crippen molar-refractivity contribution in [3.63, 3.8) is 0 Å². The van der Waals surface area contributed by atoms with Gasteiger partial charge in [-0.2, -0.15) is 0 Å². The molecule has 0 radical (unpaired) electrons. The highest BCUT2D eigenvalue weighted by molar-refractivity contribution is 9.10. The number of carbonyl (C=O) groups is 1. The first-order valence-electron chi connectivity index (χ1n) is 6.17. The second kappa shape index (κ2) is 8.32. The molecular weight excluding hydrogens is 362 g/mol. The highest BCUT2D eigenvalue weighted by atomic mass is 79.9. The van der Waals surface area contributed by atoms with E-state index in [1.165, 1.54) is 25.3 Å². The molecule has 0 fully saturated rings. The van der Waals surface area contributed by atoms with Crippen molar-refractivity contribution in [2.45, 2.75) is 11.3 Å². The first-order valence-corrected chi connectivity index (χ1v) is 8.45. The van der Waals surface area contributed by atoms with Crippen LogP contribution in [0.3, 0.4) is 0 Å². The molecule has 7 nitrogen and oxygen atoms in total. The van der Waals surface area contributed by atoms with Crippen LogP contribution in [0.15, 0.2) is 27.6 Å². The zero-order chi connectivity index (χ0) is 15.9. The van der Waals surface area contributed by atoms with Gasteiger partial charge in [-0.1, -0.05) is 0 Å². The molecule has 1 amide bonds. The largest absolute Gasteiger partial charge is 0.398 e. The summed E-state index contributed by atoms with van der Waals surface area (Å²) in [6, 6.07) is 4.31. The molecule has 0 atom stereocenters. The number of benzene rings is 1. The molecule has 1 aromatic rings. The summed E-state index contributed by atoms with van der Waals surface area (Å²) in [6.07, 6.45) is 0.0546. The number of nitrogens with one attached hydrogen (secondary N) is 2. The molecule has 0 saturated heterocycles. The predicted molar refractivity (Wildman–Crippen MR) is 83.2 cm³/mol. The van der Waals surface area contributed by atoms with E-state index in [4.69, 9.17) is 10.5 Å². The Balaban J connectivity index is 2.50. The third-order valence-corrected chi connectivity index (χ3v) is 4.70. The zero-order valence-corrected chi connectivity index (χ0v) is 14.0. The standard InChI is InChI=1S/C12H18BrN3O4S/c1-20-7-6-15-12(17)4-5-16-21(18,19)9-2-3-11(14)10(13)8-9/h2-3,8,16H,4-7,14H2,1H3,(H,15,17). The van der Waals surface area contributed by atoms with E-state index in [9.17, 15) is 13.2 Å². The van der Waals surface area contributed by atoms with Gasteiger partial charge in [-0.3, -0.25) is 4.79 Å². The number of amides is 1. The molecule has 21 heavy (non-hydrogen) atoms. The maximum Gasteiger partial charge on any atom is 0.240 e. The van der Waals surface area contributed by atoms with E-state index in [2.05, 4.69) is 26.0 Å². The molecule has 0 heterocycles. The Morgan fingerprint density at radius 2 is 2.10 bits per heavy atom. The topological polar surface area (TPSA) is 111 Å². The minimum Gasteiger partial charge on any atom is -0.398 e. The first-order chi connectivity index (χ1) is 9.86. The Kier molecular flexibility index (Phi) is 7.09. The second-order valence-electron chi connectivity index (χ2n) is 4.17. The fourth-order valence-electron chi connectivity index (χ4n) is 1.44. The minimum absolute atomic E-state index is 0.0170. The fraction of sp³-hybridized carbons (Fsp3) is 0.417. The van der Waals surface area contributed by atoms with Crippen LogP contribution in [0.25, 0.3) is 0 Å². The van der Waals surface area contributed by atoms with Gasteiger partial charge in [0.1, 0.15) is 0 Å². The van der Waals surface area contributed by atoms with Gasteiger partial charge in [0.25, 0.3) is 0 Å². The number of ether oxygens (including phenoxy) is 1. The highest BCUT2D eigenvalue weighted by Gasteiger charge is 2.15. The molecular formula is C12H18BrN3O4S. The summed E-state index contributed by atoms with van der Waals surface area (Å²) in [5.74, 6) is -0.242. The van der Waals surface area contributed by atoms with E-state index in [-0.39, 0.29) is 23.8 Å². The Bertz CT molecular complexity index is 592. The maximum atomic E-state index is 12.0. The van der Waals surface area contributed by atoms with Gasteiger partial charge in [0, 0.05) is 36.8 Å². The van der Waals surface area contributed by atoms with Gasteiger partial charge < -0.3 is 15.8 Å². The molecule has 0 aliphatic carbocycles. The van der Waals surface area contributed by atoms with E-state index in [0.717, 1.165) is 0 Å². The number of nitrogen functional groups attached to an aromatic ring is 1. The van der Waals surface area contributed by atoms with Crippen molar-refractivity contribution >= 4 is 37.5 Å². The number of hydrogen-bond acceptors (Lipinski definition) is 5. The molecule has 0 unspecified atom stereocenters. The van der Waals surface area contributed by atoms with E-state index in [0.29, 0.717) is 23.3 Å². The molecule has 0 spiro atoms. The molecule has 0 aromatic heterocycles. The van der Waals surface area contributed by atoms with Crippen molar-refractivity contribution in [3.8, 4) is 0 Å². The summed E-state index contributed by atoms with van der Waals surface area (Å²) in [7, 11) is -2.13. The summed E-state index contributed by atoms with van der Waals surface area (Å²) in [4.78, 5) is 11.5. The minimum atomic E-state index is -3.66. The smallest absolute Gasteiger partial charge is 0.240 e. The van der Waals surface area contributed by atoms with Crippen molar-refractivity contribution < 1.29 is 17.9 Å². The van der Waals surface area contributed by atoms with Crippen molar-refractivity contribution in [2.24, 2.45) is 0 Å². The number of rotatable bonds is 8. The van der Waals surface area contributed by atoms with Gasteiger partial charge in [0.05, 0.1) is 11.5 Å². The third kappa shape index (κ3) is 6.00. The van der Waals surface area contributed by atoms with Crippen LogP contribution < -0.4 is 15.8 Å². The summed E-state index contributed by atoms with van der Waals surface area (Å²) in [5, 5.41) is 2.60. The molecule has 0 saturated carbocycles. The number of carbonyl (C=O) groups excluding carboxylic acids is 1. The summed E-state index contributed by atoms with van der Waals surface area (Å²) < 4.78 is 31.7. The zero-order valence-electron chi connectivity index (χ0n) is 11.6. The maximum absolute atomic E-state index is 12.0. The van der Waals surface area contributed by atoms with E-state index in [1.54, 1.807) is 0 Å². The summed E-state index contributed by atoms with van der Waals surface area (Å²) >= 11 is 3.17. The average Bonchev–Trinajstić information content (AvgIpc) is 2.42. The first kappa shape index (κ1) is 17.9.